The standard InChI is InChI=1S/C19H17NO3S/c1-2-11-22-14-9-7-12-8-10-16(21)23-20-18-13-5-3-4-6-15(13)24-19(14)17(12)18/h3-7,9H,2,8,10-11H2,1H3/b20-18-. The van der Waals surface area contributed by atoms with E-state index in [1.165, 1.54) is 0 Å². The third-order valence-electron chi connectivity index (χ3n) is 4.10. The minimum atomic E-state index is -0.295. The van der Waals surface area contributed by atoms with E-state index in [2.05, 4.69) is 18.1 Å². The Labute approximate surface area is 144 Å². The van der Waals surface area contributed by atoms with Crippen LogP contribution in [0, 0.1) is 0 Å². The van der Waals surface area contributed by atoms with Crippen molar-refractivity contribution in [1.82, 2.24) is 0 Å². The zero-order valence-corrected chi connectivity index (χ0v) is 14.2. The lowest BCUT2D eigenvalue weighted by atomic mass is 9.93. The minimum Gasteiger partial charge on any atom is -0.492 e. The van der Waals surface area contributed by atoms with Crippen LogP contribution in [0.1, 0.15) is 36.5 Å². The quantitative estimate of drug-likeness (QED) is 0.672. The summed E-state index contributed by atoms with van der Waals surface area (Å²) in [5, 5.41) is 4.20. The molecule has 4 nitrogen and oxygen atoms in total. The highest BCUT2D eigenvalue weighted by Gasteiger charge is 2.30. The highest BCUT2D eigenvalue weighted by molar-refractivity contribution is 7.99. The van der Waals surface area contributed by atoms with Crippen molar-refractivity contribution < 1.29 is 14.4 Å². The fourth-order valence-corrected chi connectivity index (χ4v) is 4.17. The molecule has 0 N–H and O–H groups in total. The van der Waals surface area contributed by atoms with Crippen LogP contribution >= 0.6 is 11.8 Å². The van der Waals surface area contributed by atoms with Crippen LogP contribution in [-0.2, 0) is 16.1 Å². The molecule has 0 saturated carbocycles. The zero-order valence-electron chi connectivity index (χ0n) is 13.4. The molecule has 0 unspecified atom stereocenters. The molecular formula is C19H17NO3S. The third kappa shape index (κ3) is 2.59. The van der Waals surface area contributed by atoms with Crippen LogP contribution in [0.2, 0.25) is 0 Å². The van der Waals surface area contributed by atoms with E-state index in [-0.39, 0.29) is 5.97 Å². The van der Waals surface area contributed by atoms with Gasteiger partial charge in [0.25, 0.3) is 0 Å². The fourth-order valence-electron chi connectivity index (χ4n) is 2.97. The number of ether oxygens (including phenoxy) is 1. The van der Waals surface area contributed by atoms with E-state index >= 15 is 0 Å². The molecule has 0 bridgehead atoms. The van der Waals surface area contributed by atoms with Crippen molar-refractivity contribution in [3.05, 3.63) is 53.1 Å². The Morgan fingerprint density at radius 1 is 1.21 bits per heavy atom. The van der Waals surface area contributed by atoms with E-state index in [4.69, 9.17) is 9.57 Å². The molecule has 0 amide bonds. The van der Waals surface area contributed by atoms with Crippen molar-refractivity contribution in [3.8, 4) is 5.75 Å². The van der Waals surface area contributed by atoms with Crippen molar-refractivity contribution >= 4 is 23.4 Å². The first kappa shape index (κ1) is 15.3. The van der Waals surface area contributed by atoms with Crippen molar-refractivity contribution in [2.24, 2.45) is 5.16 Å². The number of fused-ring (bicyclic) bond motifs is 2. The van der Waals surface area contributed by atoms with Crippen molar-refractivity contribution in [3.63, 3.8) is 0 Å². The predicted octanol–water partition coefficient (Wildman–Crippen LogP) is 4.18. The molecule has 2 aromatic carbocycles. The summed E-state index contributed by atoms with van der Waals surface area (Å²) in [6.45, 7) is 2.77. The number of oxime groups is 1. The number of hydrogen-bond acceptors (Lipinski definition) is 5. The molecule has 122 valence electrons. The Kier molecular flexibility index (Phi) is 4.02. The first-order chi connectivity index (χ1) is 11.8. The van der Waals surface area contributed by atoms with Gasteiger partial charge >= 0.3 is 5.97 Å². The van der Waals surface area contributed by atoms with Crippen molar-refractivity contribution in [2.45, 2.75) is 36.0 Å². The van der Waals surface area contributed by atoms with E-state index in [1.54, 1.807) is 11.8 Å². The van der Waals surface area contributed by atoms with Gasteiger partial charge in [0.2, 0.25) is 0 Å². The fraction of sp³-hybridized carbons (Fsp3) is 0.263. The Hall–Kier alpha value is -2.27. The number of benzene rings is 2. The van der Waals surface area contributed by atoms with E-state index in [1.807, 2.05) is 30.3 Å². The average molecular weight is 339 g/mol. The molecule has 0 spiro atoms. The van der Waals surface area contributed by atoms with Crippen LogP contribution in [0.25, 0.3) is 0 Å². The molecular weight excluding hydrogens is 322 g/mol. The maximum atomic E-state index is 11.8. The normalized spacial score (nSPS) is 17.5. The van der Waals surface area contributed by atoms with Gasteiger partial charge < -0.3 is 9.57 Å². The topological polar surface area (TPSA) is 47.9 Å². The Morgan fingerprint density at radius 3 is 2.96 bits per heavy atom. The molecule has 2 heterocycles. The summed E-state index contributed by atoms with van der Waals surface area (Å²) in [6, 6.07) is 12.1. The summed E-state index contributed by atoms with van der Waals surface area (Å²) in [5.74, 6) is 0.575. The van der Waals surface area contributed by atoms with Crippen molar-refractivity contribution in [1.29, 1.82) is 0 Å². The Balaban J connectivity index is 1.93. The van der Waals surface area contributed by atoms with Crippen LogP contribution in [-0.4, -0.2) is 18.3 Å². The summed E-state index contributed by atoms with van der Waals surface area (Å²) in [5.41, 5.74) is 3.88. The molecule has 0 fully saturated rings. The molecule has 2 aliphatic heterocycles. The van der Waals surface area contributed by atoms with E-state index in [0.29, 0.717) is 19.4 Å². The Bertz CT molecular complexity index is 845. The smallest absolute Gasteiger partial charge is 0.335 e. The number of carbonyl (C=O) groups is 1. The van der Waals surface area contributed by atoms with Gasteiger partial charge in [-0.25, -0.2) is 4.79 Å². The third-order valence-corrected chi connectivity index (χ3v) is 5.28. The van der Waals surface area contributed by atoms with Gasteiger partial charge in [0, 0.05) is 16.0 Å². The first-order valence-corrected chi connectivity index (χ1v) is 8.93. The van der Waals surface area contributed by atoms with Gasteiger partial charge in [-0.05, 0) is 30.5 Å². The van der Waals surface area contributed by atoms with Gasteiger partial charge in [-0.3, -0.25) is 0 Å². The van der Waals surface area contributed by atoms with E-state index < -0.39 is 0 Å². The number of hydrogen-bond donors (Lipinski definition) is 0. The van der Waals surface area contributed by atoms with Crippen molar-refractivity contribution in [2.75, 3.05) is 6.61 Å². The highest BCUT2D eigenvalue weighted by atomic mass is 32.2. The predicted molar refractivity (Wildman–Crippen MR) is 92.8 cm³/mol. The molecule has 4 rings (SSSR count). The SMILES string of the molecule is CCCOc1ccc2c3c1Sc1ccccc1/C3=N/OC(=O)CC2. The number of carbonyl (C=O) groups excluding carboxylic acids is 1. The van der Waals surface area contributed by atoms with Gasteiger partial charge in [-0.15, -0.1) is 0 Å². The number of aryl methyl sites for hydroxylation is 1. The van der Waals surface area contributed by atoms with Crippen LogP contribution in [0.3, 0.4) is 0 Å². The molecule has 2 aliphatic rings. The first-order valence-electron chi connectivity index (χ1n) is 8.12. The van der Waals surface area contributed by atoms with Crippen LogP contribution in [0.4, 0.5) is 0 Å². The lowest BCUT2D eigenvalue weighted by molar-refractivity contribution is -0.143. The largest absolute Gasteiger partial charge is 0.492 e. The van der Waals surface area contributed by atoms with Gasteiger partial charge in [-0.2, -0.15) is 0 Å². The molecule has 0 saturated heterocycles. The minimum absolute atomic E-state index is 0.295. The molecule has 5 heteroatoms. The molecule has 0 aliphatic carbocycles. The van der Waals surface area contributed by atoms with Crippen LogP contribution < -0.4 is 4.74 Å². The monoisotopic (exact) mass is 339 g/mol. The maximum absolute atomic E-state index is 11.8. The molecule has 2 aromatic rings. The number of nitrogens with zero attached hydrogens (tertiary/aromatic N) is 1. The van der Waals surface area contributed by atoms with E-state index in [9.17, 15) is 4.79 Å². The second-order valence-electron chi connectivity index (χ2n) is 5.78. The second kappa shape index (κ2) is 6.32. The lowest BCUT2D eigenvalue weighted by Crippen LogP contribution is -2.19. The molecule has 0 radical (unpaired) electrons. The summed E-state index contributed by atoms with van der Waals surface area (Å²) in [7, 11) is 0. The summed E-state index contributed by atoms with van der Waals surface area (Å²) >= 11 is 1.70. The van der Waals surface area contributed by atoms with Gasteiger partial charge in [0.05, 0.1) is 17.9 Å². The van der Waals surface area contributed by atoms with Crippen LogP contribution in [0.5, 0.6) is 5.75 Å². The molecule has 0 aromatic heterocycles. The summed E-state index contributed by atoms with van der Waals surface area (Å²) in [6.07, 6.45) is 1.94. The lowest BCUT2D eigenvalue weighted by Gasteiger charge is -2.26. The molecule has 24 heavy (non-hydrogen) atoms. The second-order valence-corrected chi connectivity index (χ2v) is 6.83. The van der Waals surface area contributed by atoms with Crippen LogP contribution in [0.15, 0.2) is 51.3 Å². The zero-order chi connectivity index (χ0) is 16.5. The van der Waals surface area contributed by atoms with E-state index in [0.717, 1.165) is 44.4 Å². The summed E-state index contributed by atoms with van der Waals surface area (Å²) < 4.78 is 5.95. The maximum Gasteiger partial charge on any atom is 0.335 e. The average Bonchev–Trinajstić information content (AvgIpc) is 2.60. The summed E-state index contributed by atoms with van der Waals surface area (Å²) in [4.78, 5) is 19.0. The Morgan fingerprint density at radius 2 is 2.08 bits per heavy atom. The highest BCUT2D eigenvalue weighted by Crippen LogP contribution is 2.46. The number of rotatable bonds is 3. The van der Waals surface area contributed by atoms with Gasteiger partial charge in [-0.1, -0.05) is 48.1 Å². The van der Waals surface area contributed by atoms with Gasteiger partial charge in [0.1, 0.15) is 11.5 Å². The molecule has 0 atom stereocenters. The van der Waals surface area contributed by atoms with Gasteiger partial charge in [0.15, 0.2) is 0 Å².